The Balaban J connectivity index is 2.17. The number of aliphatic carboxylic acids is 1. The number of carboxylic acids is 1. The van der Waals surface area contributed by atoms with Crippen molar-refractivity contribution in [3.8, 4) is 0 Å². The normalized spacial score (nSPS) is 11.2. The van der Waals surface area contributed by atoms with Crippen LogP contribution in [0.15, 0.2) is 47.4 Å². The molecule has 0 aromatic heterocycles. The maximum Gasteiger partial charge on any atom is 0.261 e. The lowest BCUT2D eigenvalue weighted by Gasteiger charge is -2.10. The van der Waals surface area contributed by atoms with Gasteiger partial charge in [-0.05, 0) is 48.7 Å². The predicted molar refractivity (Wildman–Crippen MR) is 82.0 cm³/mol. The first-order chi connectivity index (χ1) is 10.8. The van der Waals surface area contributed by atoms with Gasteiger partial charge in [0.2, 0.25) is 0 Å². The van der Waals surface area contributed by atoms with E-state index in [1.54, 1.807) is 0 Å². The van der Waals surface area contributed by atoms with E-state index < -0.39 is 21.8 Å². The van der Waals surface area contributed by atoms with Crippen LogP contribution in [0.1, 0.15) is 12.0 Å². The fourth-order valence-electron chi connectivity index (χ4n) is 1.86. The molecule has 0 unspecified atom stereocenters. The van der Waals surface area contributed by atoms with Gasteiger partial charge in [0.15, 0.2) is 0 Å². The number of aryl methyl sites for hydroxylation is 1. The van der Waals surface area contributed by atoms with Crippen molar-refractivity contribution in [3.05, 3.63) is 58.9 Å². The Kier molecular flexibility index (Phi) is 5.23. The highest BCUT2D eigenvalue weighted by atomic mass is 35.5. The van der Waals surface area contributed by atoms with E-state index in [2.05, 4.69) is 4.72 Å². The number of nitrogens with one attached hydrogen (secondary N) is 1. The summed E-state index contributed by atoms with van der Waals surface area (Å²) >= 11 is 5.79. The highest BCUT2D eigenvalue weighted by Crippen LogP contribution is 2.25. The van der Waals surface area contributed by atoms with Gasteiger partial charge in [-0.2, -0.15) is 0 Å². The first-order valence-electron chi connectivity index (χ1n) is 6.54. The van der Waals surface area contributed by atoms with Gasteiger partial charge in [0.05, 0.1) is 15.6 Å². The van der Waals surface area contributed by atoms with E-state index in [1.807, 2.05) is 0 Å². The first kappa shape index (κ1) is 17.2. The quantitative estimate of drug-likeness (QED) is 0.857. The van der Waals surface area contributed by atoms with Gasteiger partial charge in [-0.3, -0.25) is 4.72 Å². The average Bonchev–Trinajstić information content (AvgIpc) is 2.48. The largest absolute Gasteiger partial charge is 0.550 e. The lowest BCUT2D eigenvalue weighted by molar-refractivity contribution is -0.305. The third-order valence-electron chi connectivity index (χ3n) is 3.03. The van der Waals surface area contributed by atoms with Crippen molar-refractivity contribution >= 4 is 33.3 Å². The van der Waals surface area contributed by atoms with Crippen molar-refractivity contribution in [2.24, 2.45) is 0 Å². The fourth-order valence-corrected chi connectivity index (χ4v) is 3.21. The van der Waals surface area contributed by atoms with Crippen LogP contribution in [0.2, 0.25) is 5.02 Å². The Hall–Kier alpha value is -2.12. The molecule has 0 amide bonds. The Bertz CT molecular complexity index is 822. The third-order valence-corrected chi connectivity index (χ3v) is 4.72. The lowest BCUT2D eigenvalue weighted by atomic mass is 10.1. The summed E-state index contributed by atoms with van der Waals surface area (Å²) in [6, 6.07) is 9.06. The molecular formula is C15H12ClFNO4S-. The van der Waals surface area contributed by atoms with E-state index in [9.17, 15) is 22.7 Å². The first-order valence-corrected chi connectivity index (χ1v) is 8.41. The number of hydrogen-bond donors (Lipinski definition) is 1. The number of hydrogen-bond acceptors (Lipinski definition) is 4. The monoisotopic (exact) mass is 356 g/mol. The van der Waals surface area contributed by atoms with E-state index in [1.165, 1.54) is 30.3 Å². The maximum absolute atomic E-state index is 13.0. The highest BCUT2D eigenvalue weighted by molar-refractivity contribution is 7.92. The zero-order chi connectivity index (χ0) is 17.0. The van der Waals surface area contributed by atoms with Gasteiger partial charge in [-0.15, -0.1) is 0 Å². The Morgan fingerprint density at radius 2 is 1.83 bits per heavy atom. The van der Waals surface area contributed by atoms with Gasteiger partial charge in [0.1, 0.15) is 5.82 Å². The summed E-state index contributed by atoms with van der Waals surface area (Å²) in [6.07, 6.45) is 0.107. The summed E-state index contributed by atoms with van der Waals surface area (Å²) in [6.45, 7) is 0. The second-order valence-electron chi connectivity index (χ2n) is 4.75. The number of carboxylic acid groups (broad SMARTS) is 1. The van der Waals surface area contributed by atoms with Crippen molar-refractivity contribution in [3.63, 3.8) is 0 Å². The molecular weight excluding hydrogens is 345 g/mol. The number of rotatable bonds is 6. The molecule has 1 N–H and O–H groups in total. The molecule has 8 heteroatoms. The molecule has 0 spiro atoms. The number of anilines is 1. The zero-order valence-corrected chi connectivity index (χ0v) is 13.3. The summed E-state index contributed by atoms with van der Waals surface area (Å²) < 4.78 is 39.7. The number of benzene rings is 2. The SMILES string of the molecule is O=C([O-])CCc1ccc(S(=O)(=O)Nc2ccc(F)cc2Cl)cc1. The van der Waals surface area contributed by atoms with E-state index in [0.717, 1.165) is 12.1 Å². The summed E-state index contributed by atoms with van der Waals surface area (Å²) in [5, 5.41) is 10.3. The number of carbonyl (C=O) groups is 1. The van der Waals surface area contributed by atoms with Crippen LogP contribution >= 0.6 is 11.6 Å². The molecule has 122 valence electrons. The summed E-state index contributed by atoms with van der Waals surface area (Å²) in [5.74, 6) is -1.75. The summed E-state index contributed by atoms with van der Waals surface area (Å²) in [7, 11) is -3.88. The second kappa shape index (κ2) is 6.97. The minimum atomic E-state index is -3.88. The molecule has 0 bridgehead atoms. The molecule has 0 aliphatic carbocycles. The van der Waals surface area contributed by atoms with E-state index in [-0.39, 0.29) is 28.4 Å². The van der Waals surface area contributed by atoms with Crippen molar-refractivity contribution in [1.82, 2.24) is 0 Å². The Morgan fingerprint density at radius 3 is 2.39 bits per heavy atom. The molecule has 0 aliphatic rings. The Morgan fingerprint density at radius 1 is 1.17 bits per heavy atom. The molecule has 0 radical (unpaired) electrons. The van der Waals surface area contributed by atoms with Crippen LogP contribution < -0.4 is 9.83 Å². The van der Waals surface area contributed by atoms with Gasteiger partial charge in [0.25, 0.3) is 10.0 Å². The van der Waals surface area contributed by atoms with Crippen molar-refractivity contribution in [1.29, 1.82) is 0 Å². The average molecular weight is 357 g/mol. The molecule has 5 nitrogen and oxygen atoms in total. The van der Waals surface area contributed by atoms with E-state index in [4.69, 9.17) is 11.6 Å². The number of carbonyl (C=O) groups excluding carboxylic acids is 1. The minimum absolute atomic E-state index is 0.0184. The summed E-state index contributed by atoms with van der Waals surface area (Å²) in [5.41, 5.74) is 0.738. The summed E-state index contributed by atoms with van der Waals surface area (Å²) in [4.78, 5) is 10.4. The van der Waals surface area contributed by atoms with Gasteiger partial charge < -0.3 is 9.90 Å². The molecule has 0 fully saturated rings. The zero-order valence-electron chi connectivity index (χ0n) is 11.8. The van der Waals surface area contributed by atoms with Gasteiger partial charge in [-0.1, -0.05) is 23.7 Å². The molecule has 0 atom stereocenters. The molecule has 23 heavy (non-hydrogen) atoms. The van der Waals surface area contributed by atoms with Crippen LogP contribution in [-0.4, -0.2) is 14.4 Å². The van der Waals surface area contributed by atoms with Crippen molar-refractivity contribution in [2.45, 2.75) is 17.7 Å². The molecule has 0 aliphatic heterocycles. The van der Waals surface area contributed by atoms with Gasteiger partial charge in [0, 0.05) is 5.97 Å². The highest BCUT2D eigenvalue weighted by Gasteiger charge is 2.16. The molecule has 2 aromatic rings. The maximum atomic E-state index is 13.0. The lowest BCUT2D eigenvalue weighted by Crippen LogP contribution is -2.22. The second-order valence-corrected chi connectivity index (χ2v) is 6.84. The van der Waals surface area contributed by atoms with E-state index in [0.29, 0.717) is 5.56 Å². The smallest absolute Gasteiger partial charge is 0.261 e. The van der Waals surface area contributed by atoms with Crippen LogP contribution in [0, 0.1) is 5.82 Å². The third kappa shape index (κ3) is 4.67. The molecule has 2 aromatic carbocycles. The van der Waals surface area contributed by atoms with Crippen LogP contribution in [-0.2, 0) is 21.2 Å². The number of sulfonamides is 1. The van der Waals surface area contributed by atoms with Crippen molar-refractivity contribution < 1.29 is 22.7 Å². The number of halogens is 2. The van der Waals surface area contributed by atoms with Gasteiger partial charge >= 0.3 is 0 Å². The minimum Gasteiger partial charge on any atom is -0.550 e. The molecule has 2 rings (SSSR count). The molecule has 0 saturated heterocycles. The van der Waals surface area contributed by atoms with E-state index >= 15 is 0 Å². The van der Waals surface area contributed by atoms with Crippen LogP contribution in [0.5, 0.6) is 0 Å². The predicted octanol–water partition coefficient (Wildman–Crippen LogP) is 1.96. The van der Waals surface area contributed by atoms with Crippen LogP contribution in [0.25, 0.3) is 0 Å². The standard InChI is InChI=1S/C15H13ClFNO4S/c16-13-9-11(17)4-7-14(13)18-23(21,22)12-5-1-10(2-6-12)3-8-15(19)20/h1-2,4-7,9,18H,3,8H2,(H,19,20)/p-1. The van der Waals surface area contributed by atoms with Gasteiger partial charge in [-0.25, -0.2) is 12.8 Å². The van der Waals surface area contributed by atoms with Crippen molar-refractivity contribution in [2.75, 3.05) is 4.72 Å². The van der Waals surface area contributed by atoms with Crippen LogP contribution in [0.3, 0.4) is 0 Å². The molecule has 0 heterocycles. The molecule has 0 saturated carbocycles. The van der Waals surface area contributed by atoms with Crippen LogP contribution in [0.4, 0.5) is 10.1 Å². The fraction of sp³-hybridized carbons (Fsp3) is 0.133. The Labute approximate surface area is 137 Å². The topological polar surface area (TPSA) is 86.3 Å².